The molecule has 4 bridgehead atoms. The fourth-order valence-corrected chi connectivity index (χ4v) is 7.67. The molecule has 0 unspecified atom stereocenters. The Morgan fingerprint density at radius 2 is 1.84 bits per heavy atom. The second-order valence-electron chi connectivity index (χ2n) is 10.3. The van der Waals surface area contributed by atoms with E-state index in [1.54, 1.807) is 0 Å². The minimum atomic E-state index is -0.331. The van der Waals surface area contributed by atoms with Gasteiger partial charge < -0.3 is 14.6 Å². The van der Waals surface area contributed by atoms with Gasteiger partial charge in [-0.25, -0.2) is 9.78 Å². The molecular weight excluding hydrogens is 412 g/mol. The van der Waals surface area contributed by atoms with Gasteiger partial charge in [0.15, 0.2) is 5.16 Å². The zero-order chi connectivity index (χ0) is 21.6. The lowest BCUT2D eigenvalue weighted by Crippen LogP contribution is -2.61. The highest BCUT2D eigenvalue weighted by Gasteiger charge is 2.51. The molecule has 2 heterocycles. The van der Waals surface area contributed by atoms with E-state index in [2.05, 4.69) is 27.1 Å². The van der Waals surface area contributed by atoms with Crippen LogP contribution in [0.3, 0.4) is 0 Å². The summed E-state index contributed by atoms with van der Waals surface area (Å²) in [5.41, 5.74) is 2.00. The third-order valence-electron chi connectivity index (χ3n) is 7.84. The van der Waals surface area contributed by atoms with Gasteiger partial charge in [-0.3, -0.25) is 10.1 Å². The monoisotopic (exact) mass is 446 g/mol. The Kier molecular flexibility index (Phi) is 5.79. The van der Waals surface area contributed by atoms with Crippen molar-refractivity contribution >= 4 is 23.7 Å². The van der Waals surface area contributed by atoms with E-state index in [1.807, 2.05) is 6.92 Å². The average Bonchev–Trinajstić information content (AvgIpc) is 3.29. The number of urea groups is 1. The van der Waals surface area contributed by atoms with E-state index in [9.17, 15) is 9.59 Å². The molecule has 7 nitrogen and oxygen atoms in total. The molecule has 4 saturated carbocycles. The number of aromatic nitrogens is 2. The largest absolute Gasteiger partial charge is 0.376 e. The van der Waals surface area contributed by atoms with Crippen LogP contribution in [0.2, 0.25) is 0 Å². The molecule has 6 rings (SSSR count). The minimum absolute atomic E-state index is 0.0853. The van der Waals surface area contributed by atoms with Gasteiger partial charge in [-0.2, -0.15) is 0 Å². The van der Waals surface area contributed by atoms with E-state index in [1.165, 1.54) is 31.0 Å². The van der Waals surface area contributed by atoms with Gasteiger partial charge in [0.25, 0.3) is 0 Å². The number of ether oxygens (including phenoxy) is 1. The number of nitrogens with one attached hydrogen (secondary N) is 2. The van der Waals surface area contributed by atoms with Crippen LogP contribution >= 0.6 is 11.8 Å². The molecule has 31 heavy (non-hydrogen) atoms. The van der Waals surface area contributed by atoms with Crippen molar-refractivity contribution in [1.29, 1.82) is 0 Å². The molecule has 3 amide bonds. The van der Waals surface area contributed by atoms with Crippen molar-refractivity contribution in [2.24, 2.45) is 17.8 Å². The van der Waals surface area contributed by atoms with Gasteiger partial charge in [0.05, 0.1) is 24.1 Å². The quantitative estimate of drug-likeness (QED) is 0.653. The van der Waals surface area contributed by atoms with Crippen molar-refractivity contribution in [2.45, 2.75) is 88.6 Å². The summed E-state index contributed by atoms with van der Waals surface area (Å²) in [6.45, 7) is 5.63. The average molecular weight is 447 g/mol. The predicted molar refractivity (Wildman–Crippen MR) is 119 cm³/mol. The number of hydrogen-bond acceptors (Lipinski definition) is 5. The molecule has 1 saturated heterocycles. The summed E-state index contributed by atoms with van der Waals surface area (Å²) in [4.78, 5) is 29.8. The first-order valence-electron chi connectivity index (χ1n) is 11.8. The number of imidazole rings is 1. The second kappa shape index (κ2) is 8.43. The van der Waals surface area contributed by atoms with Gasteiger partial charge in [-0.15, -0.1) is 0 Å². The van der Waals surface area contributed by atoms with Crippen molar-refractivity contribution in [3.05, 3.63) is 11.4 Å². The Labute approximate surface area is 188 Å². The summed E-state index contributed by atoms with van der Waals surface area (Å²) in [5.74, 6) is 2.18. The SMILES string of the molecule is Cc1nc(SCC(=O)NC(=O)NC23CC4CC(CC(C4)C2)C3)n(C[C@@H]2CCCO2)c1C. The molecule has 1 aromatic heterocycles. The van der Waals surface area contributed by atoms with Crippen molar-refractivity contribution in [3.8, 4) is 0 Å². The summed E-state index contributed by atoms with van der Waals surface area (Å²) in [6.07, 6.45) is 9.59. The number of carbonyl (C=O) groups is 2. The summed E-state index contributed by atoms with van der Waals surface area (Å²) in [6, 6.07) is -0.331. The Bertz CT molecular complexity index is 826. The molecule has 5 fully saturated rings. The molecule has 1 aromatic rings. The highest BCUT2D eigenvalue weighted by Crippen LogP contribution is 2.55. The summed E-state index contributed by atoms with van der Waals surface area (Å²) >= 11 is 1.39. The second-order valence-corrected chi connectivity index (χ2v) is 11.2. The lowest BCUT2D eigenvalue weighted by Gasteiger charge is -2.56. The fraction of sp³-hybridized carbons (Fsp3) is 0.783. The third-order valence-corrected chi connectivity index (χ3v) is 8.81. The highest BCUT2D eigenvalue weighted by atomic mass is 32.2. The third kappa shape index (κ3) is 4.51. The molecular formula is C23H34N4O3S. The smallest absolute Gasteiger partial charge is 0.321 e. The zero-order valence-electron chi connectivity index (χ0n) is 18.6. The molecule has 170 valence electrons. The van der Waals surface area contributed by atoms with Crippen LogP contribution in [0, 0.1) is 31.6 Å². The Morgan fingerprint density at radius 3 is 2.45 bits per heavy atom. The molecule has 8 heteroatoms. The Hall–Kier alpha value is -1.54. The van der Waals surface area contributed by atoms with Crippen molar-refractivity contribution in [3.63, 3.8) is 0 Å². The van der Waals surface area contributed by atoms with E-state index in [4.69, 9.17) is 4.74 Å². The van der Waals surface area contributed by atoms with Crippen LogP contribution in [0.25, 0.3) is 0 Å². The van der Waals surface area contributed by atoms with Gasteiger partial charge in [-0.05, 0) is 83.0 Å². The maximum Gasteiger partial charge on any atom is 0.321 e. The van der Waals surface area contributed by atoms with E-state index in [0.717, 1.165) is 79.6 Å². The fourth-order valence-electron chi connectivity index (χ4n) is 6.77. The number of imide groups is 1. The molecule has 2 N–H and O–H groups in total. The normalized spacial score (nSPS) is 33.6. The number of carbonyl (C=O) groups excluding carboxylic acids is 2. The molecule has 4 aliphatic carbocycles. The van der Waals surface area contributed by atoms with Crippen LogP contribution in [-0.2, 0) is 16.1 Å². The number of hydrogen-bond donors (Lipinski definition) is 2. The topological polar surface area (TPSA) is 85.3 Å². The first-order valence-corrected chi connectivity index (χ1v) is 12.8. The van der Waals surface area contributed by atoms with Crippen molar-refractivity contribution in [2.75, 3.05) is 12.4 Å². The summed E-state index contributed by atoms with van der Waals surface area (Å²) < 4.78 is 7.93. The number of thioether (sulfide) groups is 1. The van der Waals surface area contributed by atoms with Crippen molar-refractivity contribution < 1.29 is 14.3 Å². The molecule has 5 aliphatic rings. The molecule has 0 radical (unpaired) electrons. The summed E-state index contributed by atoms with van der Waals surface area (Å²) in [7, 11) is 0. The van der Waals surface area contributed by atoms with Crippen LogP contribution in [0.1, 0.15) is 62.8 Å². The zero-order valence-corrected chi connectivity index (χ0v) is 19.4. The van der Waals surface area contributed by atoms with Gasteiger partial charge in [-0.1, -0.05) is 11.8 Å². The number of rotatable bonds is 6. The molecule has 0 aromatic carbocycles. The Morgan fingerprint density at radius 1 is 1.16 bits per heavy atom. The first kappa shape index (κ1) is 21.3. The number of aryl methyl sites for hydroxylation is 1. The lowest BCUT2D eigenvalue weighted by atomic mass is 9.53. The molecule has 1 aliphatic heterocycles. The lowest BCUT2D eigenvalue weighted by molar-refractivity contribution is -0.117. The first-order chi connectivity index (χ1) is 14.9. The van der Waals surface area contributed by atoms with Crippen LogP contribution in [0.15, 0.2) is 5.16 Å². The van der Waals surface area contributed by atoms with Gasteiger partial charge in [0.1, 0.15) is 0 Å². The predicted octanol–water partition coefficient (Wildman–Crippen LogP) is 3.57. The van der Waals surface area contributed by atoms with Crippen LogP contribution in [0.4, 0.5) is 4.79 Å². The number of amides is 3. The van der Waals surface area contributed by atoms with E-state index in [-0.39, 0.29) is 29.3 Å². The molecule has 1 atom stereocenters. The summed E-state index contributed by atoms with van der Waals surface area (Å²) in [5, 5.41) is 6.60. The van der Waals surface area contributed by atoms with Gasteiger partial charge >= 0.3 is 6.03 Å². The van der Waals surface area contributed by atoms with Gasteiger partial charge in [0, 0.05) is 17.8 Å². The van der Waals surface area contributed by atoms with Crippen LogP contribution in [0.5, 0.6) is 0 Å². The van der Waals surface area contributed by atoms with Crippen LogP contribution < -0.4 is 10.6 Å². The Balaban J connectivity index is 1.14. The maximum atomic E-state index is 12.6. The van der Waals surface area contributed by atoms with Gasteiger partial charge in [0.2, 0.25) is 5.91 Å². The van der Waals surface area contributed by atoms with Crippen LogP contribution in [-0.4, -0.2) is 45.5 Å². The molecule has 0 spiro atoms. The number of nitrogens with zero attached hydrogens (tertiary/aromatic N) is 2. The van der Waals surface area contributed by atoms with E-state index >= 15 is 0 Å². The minimum Gasteiger partial charge on any atom is -0.376 e. The maximum absolute atomic E-state index is 12.6. The standard InChI is InChI=1S/C23H34N4O3S/c1-14-15(2)27(12-19-4-3-5-30-19)22(24-14)31-13-20(28)25-21(29)26-23-9-16-6-17(10-23)8-18(7-16)11-23/h16-19H,3-13H2,1-2H3,(H2,25,26,28,29)/t16?,17?,18?,19-,23?/m0/s1. The van der Waals surface area contributed by atoms with E-state index < -0.39 is 0 Å². The van der Waals surface area contributed by atoms with E-state index in [0.29, 0.717) is 0 Å². The highest BCUT2D eigenvalue weighted by molar-refractivity contribution is 7.99. The van der Waals surface area contributed by atoms with Crippen molar-refractivity contribution in [1.82, 2.24) is 20.2 Å².